The third-order valence-electron chi connectivity index (χ3n) is 6.04. The first-order chi connectivity index (χ1) is 14.7. The van der Waals surface area contributed by atoms with Crippen LogP contribution in [0.2, 0.25) is 0 Å². The molecule has 166 valence electrons. The fourth-order valence-electron chi connectivity index (χ4n) is 4.38. The molecule has 1 saturated heterocycles. The lowest BCUT2D eigenvalue weighted by Gasteiger charge is -2.40. The molecule has 11 heteroatoms. The van der Waals surface area contributed by atoms with E-state index >= 15 is 0 Å². The van der Waals surface area contributed by atoms with Crippen molar-refractivity contribution in [2.45, 2.75) is 41.9 Å². The van der Waals surface area contributed by atoms with Crippen molar-refractivity contribution < 1.29 is 21.6 Å². The predicted molar refractivity (Wildman–Crippen MR) is 107 cm³/mol. The minimum atomic E-state index is -4.61. The number of sulfonamides is 1. The summed E-state index contributed by atoms with van der Waals surface area (Å²) in [6.07, 6.45) is 0.511. The first kappa shape index (κ1) is 21.8. The van der Waals surface area contributed by atoms with Crippen LogP contribution in [0.15, 0.2) is 46.4 Å². The first-order valence-electron chi connectivity index (χ1n) is 10.0. The van der Waals surface area contributed by atoms with E-state index in [1.807, 2.05) is 0 Å². The number of halogens is 3. The second-order valence-corrected chi connectivity index (χ2v) is 9.85. The molecule has 2 atom stereocenters. The number of amidine groups is 1. The molecule has 0 aliphatic carbocycles. The summed E-state index contributed by atoms with van der Waals surface area (Å²) in [6.45, 7) is 0.962. The lowest BCUT2D eigenvalue weighted by molar-refractivity contribution is -0.137. The molecule has 0 amide bonds. The van der Waals surface area contributed by atoms with Crippen LogP contribution in [-0.2, 0) is 16.2 Å². The summed E-state index contributed by atoms with van der Waals surface area (Å²) in [4.78, 5) is 4.03. The van der Waals surface area contributed by atoms with E-state index in [4.69, 9.17) is 0 Å². The first-order valence-corrected chi connectivity index (χ1v) is 11.4. The van der Waals surface area contributed by atoms with Crippen LogP contribution in [0.1, 0.15) is 24.8 Å². The van der Waals surface area contributed by atoms with Gasteiger partial charge < -0.3 is 5.32 Å². The Morgan fingerprint density at radius 1 is 1.26 bits per heavy atom. The minimum absolute atomic E-state index is 0.0885. The summed E-state index contributed by atoms with van der Waals surface area (Å²) in [5.74, 6) is 0.690. The molecule has 2 N–H and O–H groups in total. The number of hydrogen-bond acceptors (Lipinski definition) is 6. The van der Waals surface area contributed by atoms with Crippen LogP contribution in [0.5, 0.6) is 0 Å². The standard InChI is InChI=1S/C20H22F3N5O2S/c21-20(22,23)14-2-1-3-16(12-14)31(29,30)28-10-5-15(6-11-28)27-19(13-24)7-9-26-18-17(19)4-8-25-18/h1-3,7,9,12,15,17,27H,4-6,8,10-11H2,(H,25,26). The van der Waals surface area contributed by atoms with Gasteiger partial charge in [0, 0.05) is 31.9 Å². The second-order valence-electron chi connectivity index (χ2n) is 7.92. The van der Waals surface area contributed by atoms with Gasteiger partial charge >= 0.3 is 6.18 Å². The molecule has 1 aromatic carbocycles. The zero-order valence-corrected chi connectivity index (χ0v) is 17.4. The van der Waals surface area contributed by atoms with E-state index in [0.29, 0.717) is 25.5 Å². The van der Waals surface area contributed by atoms with Crippen molar-refractivity contribution in [2.75, 3.05) is 19.6 Å². The van der Waals surface area contributed by atoms with Crippen molar-refractivity contribution in [3.05, 3.63) is 42.1 Å². The van der Waals surface area contributed by atoms with E-state index in [1.165, 1.54) is 10.4 Å². The van der Waals surface area contributed by atoms with Gasteiger partial charge in [-0.1, -0.05) is 6.07 Å². The normalized spacial score (nSPS) is 27.3. The summed E-state index contributed by atoms with van der Waals surface area (Å²) in [5.41, 5.74) is -1.90. The minimum Gasteiger partial charge on any atom is -0.350 e. The largest absolute Gasteiger partial charge is 0.416 e. The van der Waals surface area contributed by atoms with Gasteiger partial charge in [0.25, 0.3) is 0 Å². The van der Waals surface area contributed by atoms with E-state index in [9.17, 15) is 26.9 Å². The van der Waals surface area contributed by atoms with Crippen LogP contribution in [0.25, 0.3) is 0 Å². The van der Waals surface area contributed by atoms with Gasteiger partial charge in [0.15, 0.2) is 0 Å². The van der Waals surface area contributed by atoms with Gasteiger partial charge in [0.05, 0.1) is 22.4 Å². The van der Waals surface area contributed by atoms with Crippen molar-refractivity contribution in [2.24, 2.45) is 10.9 Å². The average Bonchev–Trinajstić information content (AvgIpc) is 3.24. The van der Waals surface area contributed by atoms with Crippen LogP contribution < -0.4 is 10.6 Å². The highest BCUT2D eigenvalue weighted by molar-refractivity contribution is 7.89. The molecule has 2 unspecified atom stereocenters. The van der Waals surface area contributed by atoms with E-state index < -0.39 is 27.3 Å². The molecule has 3 heterocycles. The van der Waals surface area contributed by atoms with Gasteiger partial charge in [0.2, 0.25) is 10.0 Å². The molecule has 0 bridgehead atoms. The number of fused-ring (bicyclic) bond motifs is 1. The monoisotopic (exact) mass is 453 g/mol. The lowest BCUT2D eigenvalue weighted by atomic mass is 9.80. The Bertz CT molecular complexity index is 1060. The van der Waals surface area contributed by atoms with E-state index in [-0.39, 0.29) is 29.9 Å². The summed E-state index contributed by atoms with van der Waals surface area (Å²) in [6, 6.07) is 6.07. The molecule has 4 rings (SSSR count). The summed E-state index contributed by atoms with van der Waals surface area (Å²) >= 11 is 0. The van der Waals surface area contributed by atoms with Crippen molar-refractivity contribution in [1.82, 2.24) is 14.9 Å². The molecule has 0 aromatic heterocycles. The Balaban J connectivity index is 1.45. The number of rotatable bonds is 4. The highest BCUT2D eigenvalue weighted by atomic mass is 32.2. The fraction of sp³-hybridized carbons (Fsp3) is 0.500. The Labute approximate surface area is 178 Å². The van der Waals surface area contributed by atoms with Crippen LogP contribution in [-0.4, -0.2) is 49.8 Å². The molecule has 0 spiro atoms. The van der Waals surface area contributed by atoms with Crippen molar-refractivity contribution in [1.29, 1.82) is 5.26 Å². The molecule has 3 aliphatic rings. The lowest BCUT2D eigenvalue weighted by Crippen LogP contribution is -2.59. The zero-order valence-electron chi connectivity index (χ0n) is 16.6. The third-order valence-corrected chi connectivity index (χ3v) is 7.93. The Morgan fingerprint density at radius 2 is 2.00 bits per heavy atom. The summed E-state index contributed by atoms with van der Waals surface area (Å²) < 4.78 is 65.9. The van der Waals surface area contributed by atoms with Crippen molar-refractivity contribution in [3.63, 3.8) is 0 Å². The molecular weight excluding hydrogens is 431 g/mol. The maximum absolute atomic E-state index is 13.0. The van der Waals surface area contributed by atoms with Crippen LogP contribution >= 0.6 is 0 Å². The van der Waals surface area contributed by atoms with Crippen molar-refractivity contribution in [3.8, 4) is 6.07 Å². The third kappa shape index (κ3) is 4.07. The second kappa shape index (κ2) is 7.93. The van der Waals surface area contributed by atoms with Gasteiger partial charge in [-0.2, -0.15) is 22.7 Å². The SMILES string of the molecule is N#CC1(NC2CCN(S(=O)(=O)c3cccc(C(F)(F)F)c3)CC2)C=CNC2=NCCC21. The molecule has 7 nitrogen and oxygen atoms in total. The quantitative estimate of drug-likeness (QED) is 0.729. The number of hydrogen-bond donors (Lipinski definition) is 2. The van der Waals surface area contributed by atoms with Gasteiger partial charge in [-0.05, 0) is 43.5 Å². The highest BCUT2D eigenvalue weighted by Crippen LogP contribution is 2.33. The van der Waals surface area contributed by atoms with Gasteiger partial charge in [-0.25, -0.2) is 8.42 Å². The summed E-state index contributed by atoms with van der Waals surface area (Å²) in [5, 5.41) is 16.4. The molecule has 0 radical (unpaired) electrons. The molecule has 3 aliphatic heterocycles. The van der Waals surface area contributed by atoms with Gasteiger partial charge in [-0.3, -0.25) is 10.3 Å². The number of nitrogens with zero attached hydrogens (tertiary/aromatic N) is 3. The number of nitrogens with one attached hydrogen (secondary N) is 2. The molecule has 0 saturated carbocycles. The predicted octanol–water partition coefficient (Wildman–Crippen LogP) is 2.25. The number of nitriles is 1. The smallest absolute Gasteiger partial charge is 0.350 e. The van der Waals surface area contributed by atoms with Crippen molar-refractivity contribution >= 4 is 15.9 Å². The van der Waals surface area contributed by atoms with E-state index in [0.717, 1.165) is 24.4 Å². The number of alkyl halides is 3. The summed E-state index contributed by atoms with van der Waals surface area (Å²) in [7, 11) is -4.04. The van der Waals surface area contributed by atoms with Gasteiger partial charge in [0.1, 0.15) is 11.4 Å². The number of benzene rings is 1. The molecule has 1 fully saturated rings. The molecule has 1 aromatic rings. The van der Waals surface area contributed by atoms with Crippen LogP contribution in [0.4, 0.5) is 13.2 Å². The number of piperidine rings is 1. The topological polar surface area (TPSA) is 97.6 Å². The van der Waals surface area contributed by atoms with Crippen LogP contribution in [0, 0.1) is 17.2 Å². The zero-order chi connectivity index (χ0) is 22.3. The molecule has 31 heavy (non-hydrogen) atoms. The highest BCUT2D eigenvalue weighted by Gasteiger charge is 2.45. The van der Waals surface area contributed by atoms with Crippen LogP contribution in [0.3, 0.4) is 0 Å². The Morgan fingerprint density at radius 3 is 2.68 bits per heavy atom. The Hall–Kier alpha value is -2.42. The Kier molecular flexibility index (Phi) is 5.57. The maximum atomic E-state index is 13.0. The number of aliphatic imine (C=N–C) groups is 1. The molecular formula is C20H22F3N5O2S. The van der Waals surface area contributed by atoms with E-state index in [1.54, 1.807) is 12.3 Å². The maximum Gasteiger partial charge on any atom is 0.416 e. The average molecular weight is 453 g/mol. The van der Waals surface area contributed by atoms with Gasteiger partial charge in [-0.15, -0.1) is 0 Å². The van der Waals surface area contributed by atoms with E-state index in [2.05, 4.69) is 21.7 Å². The fourth-order valence-corrected chi connectivity index (χ4v) is 5.90.